The maximum Gasteiger partial charge on any atom is 0.408 e. The van der Waals surface area contributed by atoms with E-state index in [0.717, 1.165) is 16.7 Å². The van der Waals surface area contributed by atoms with Crippen LogP contribution in [0.15, 0.2) is 109 Å². The van der Waals surface area contributed by atoms with Gasteiger partial charge in [0.05, 0.1) is 0 Å². The molecule has 10 heteroatoms. The number of amides is 1. The number of carbonyl (C=O) groups excluding carboxylic acids is 1. The number of hydrogen-bond donors (Lipinski definition) is 5. The van der Waals surface area contributed by atoms with Crippen molar-refractivity contribution in [3.8, 4) is 11.5 Å². The highest BCUT2D eigenvalue weighted by atomic mass is 16.5. The monoisotopic (exact) mass is 560 g/mol. The fourth-order valence-corrected chi connectivity index (χ4v) is 3.77. The Morgan fingerprint density at radius 2 is 1.15 bits per heavy atom. The first kappa shape index (κ1) is 30.6. The number of aliphatic carboxylic acids is 1. The van der Waals surface area contributed by atoms with Gasteiger partial charge in [-0.15, -0.1) is 0 Å². The number of carboxylic acid groups (broad SMARTS) is 1. The number of aliphatic hydroxyl groups excluding tert-OH is 1. The summed E-state index contributed by atoms with van der Waals surface area (Å²) in [5.41, 5.74) is 2.84. The van der Waals surface area contributed by atoms with E-state index in [-0.39, 0.29) is 25.4 Å². The zero-order valence-corrected chi connectivity index (χ0v) is 22.1. The van der Waals surface area contributed by atoms with E-state index in [1.807, 2.05) is 66.7 Å². The molecule has 2 atom stereocenters. The molecule has 1 amide bonds. The Hall–Kier alpha value is -4.90. The third kappa shape index (κ3) is 9.66. The number of ether oxygens (including phenoxy) is 3. The van der Waals surface area contributed by atoms with Crippen molar-refractivity contribution in [2.24, 2.45) is 5.90 Å². The standard InChI is InChI=1S/C31H29NO7.H3NO/c33-29(28(30(34)35)32-31(36)39-21-24-14-8-3-9-15-24)25-16-17-26(37-19-22-10-4-1-5-11-22)27(18-25)38-20-23-12-6-2-7-13-23;1-2/h1-18,28-29,33H,19-21H2,(H,32,36)(H,34,35);2H,1H2/t28-,29?;/m0./s1. The van der Waals surface area contributed by atoms with E-state index in [4.69, 9.17) is 19.4 Å². The molecule has 0 heterocycles. The Labute approximate surface area is 237 Å². The lowest BCUT2D eigenvalue weighted by atomic mass is 10.0. The van der Waals surface area contributed by atoms with Gasteiger partial charge in [0.1, 0.15) is 25.9 Å². The molecule has 0 saturated carbocycles. The number of nitrogens with two attached hydrogens (primary N) is 1. The molecule has 0 aliphatic heterocycles. The number of rotatable bonds is 12. The second-order valence-electron chi connectivity index (χ2n) is 8.72. The molecule has 0 aromatic heterocycles. The molecule has 0 radical (unpaired) electrons. The normalized spacial score (nSPS) is 11.7. The smallest absolute Gasteiger partial charge is 0.408 e. The number of hydrogen-bond acceptors (Lipinski definition) is 8. The highest BCUT2D eigenvalue weighted by Crippen LogP contribution is 2.33. The second kappa shape index (κ2) is 16.3. The van der Waals surface area contributed by atoms with Gasteiger partial charge in [0, 0.05) is 0 Å². The Morgan fingerprint density at radius 1 is 0.683 bits per heavy atom. The molecule has 0 fully saturated rings. The second-order valence-corrected chi connectivity index (χ2v) is 8.72. The topological polar surface area (TPSA) is 161 Å². The minimum atomic E-state index is -1.66. The summed E-state index contributed by atoms with van der Waals surface area (Å²) in [6.45, 7) is 0.478. The van der Waals surface area contributed by atoms with Crippen LogP contribution in [0.25, 0.3) is 0 Å². The summed E-state index contributed by atoms with van der Waals surface area (Å²) < 4.78 is 17.1. The fourth-order valence-electron chi connectivity index (χ4n) is 3.77. The number of benzene rings is 4. The van der Waals surface area contributed by atoms with Crippen LogP contribution in [0.4, 0.5) is 4.79 Å². The van der Waals surface area contributed by atoms with E-state index in [0.29, 0.717) is 11.5 Å². The number of carboxylic acids is 1. The summed E-state index contributed by atoms with van der Waals surface area (Å²) in [5.74, 6) is 2.82. The summed E-state index contributed by atoms with van der Waals surface area (Å²) in [5, 5.41) is 29.4. The first-order valence-electron chi connectivity index (χ1n) is 12.6. The van der Waals surface area contributed by atoms with Gasteiger partial charge in [0.25, 0.3) is 0 Å². The van der Waals surface area contributed by atoms with Gasteiger partial charge in [-0.05, 0) is 34.4 Å². The summed E-state index contributed by atoms with van der Waals surface area (Å²) in [4.78, 5) is 24.3. The zero-order valence-electron chi connectivity index (χ0n) is 22.1. The maximum atomic E-state index is 12.3. The average molecular weight is 561 g/mol. The van der Waals surface area contributed by atoms with E-state index in [2.05, 4.69) is 11.2 Å². The molecule has 4 aromatic carbocycles. The lowest BCUT2D eigenvalue weighted by Crippen LogP contribution is -2.45. The minimum absolute atomic E-state index is 0.0416. The van der Waals surface area contributed by atoms with Crippen LogP contribution in [0, 0.1) is 0 Å². The van der Waals surface area contributed by atoms with Crippen LogP contribution >= 0.6 is 0 Å². The van der Waals surface area contributed by atoms with Crippen molar-refractivity contribution in [1.82, 2.24) is 5.32 Å². The van der Waals surface area contributed by atoms with Crippen LogP contribution in [-0.2, 0) is 29.4 Å². The third-order valence-corrected chi connectivity index (χ3v) is 5.85. The maximum absolute atomic E-state index is 12.3. The van der Waals surface area contributed by atoms with Gasteiger partial charge in [-0.1, -0.05) is 97.1 Å². The zero-order chi connectivity index (χ0) is 29.5. The van der Waals surface area contributed by atoms with Gasteiger partial charge >= 0.3 is 12.1 Å². The van der Waals surface area contributed by atoms with Gasteiger partial charge in [0.2, 0.25) is 0 Å². The molecular weight excluding hydrogens is 528 g/mol. The van der Waals surface area contributed by atoms with Crippen LogP contribution in [0.2, 0.25) is 0 Å². The first-order valence-corrected chi connectivity index (χ1v) is 12.6. The first-order chi connectivity index (χ1) is 20.0. The Balaban J connectivity index is 0.00000226. The van der Waals surface area contributed by atoms with Gasteiger partial charge in [-0.2, -0.15) is 0 Å². The van der Waals surface area contributed by atoms with Crippen molar-refractivity contribution in [1.29, 1.82) is 0 Å². The summed E-state index contributed by atoms with van der Waals surface area (Å²) in [6, 6.07) is 31.1. The SMILES string of the molecule is NO.O=C(N[C@H](C(=O)O)C(O)c1ccc(OCc2ccccc2)c(OCc2ccccc2)c1)OCc1ccccc1. The molecule has 0 aliphatic carbocycles. The van der Waals surface area contributed by atoms with Crippen LogP contribution in [0.1, 0.15) is 28.4 Å². The molecular formula is C31H32N2O8. The quantitative estimate of drug-likeness (QED) is 0.156. The number of carbonyl (C=O) groups is 2. The number of nitrogens with one attached hydrogen (secondary N) is 1. The summed E-state index contributed by atoms with van der Waals surface area (Å²) >= 11 is 0. The van der Waals surface area contributed by atoms with Crippen LogP contribution in [-0.4, -0.2) is 33.5 Å². The highest BCUT2D eigenvalue weighted by molar-refractivity contribution is 5.80. The van der Waals surface area contributed by atoms with Crippen LogP contribution < -0.4 is 20.7 Å². The molecule has 0 spiro atoms. The number of aliphatic hydroxyl groups is 1. The molecule has 1 unspecified atom stereocenters. The van der Waals surface area contributed by atoms with Crippen molar-refractivity contribution >= 4 is 12.1 Å². The summed E-state index contributed by atoms with van der Waals surface area (Å²) in [7, 11) is 0. The summed E-state index contributed by atoms with van der Waals surface area (Å²) in [6.07, 6.45) is -2.55. The number of alkyl carbamates (subject to hydrolysis) is 1. The lowest BCUT2D eigenvalue weighted by Gasteiger charge is -2.22. The van der Waals surface area contributed by atoms with Gasteiger partial charge in [0.15, 0.2) is 17.5 Å². The lowest BCUT2D eigenvalue weighted by molar-refractivity contribution is -0.142. The van der Waals surface area contributed by atoms with Crippen molar-refractivity contribution in [2.75, 3.05) is 0 Å². The van der Waals surface area contributed by atoms with Crippen molar-refractivity contribution in [3.63, 3.8) is 0 Å². The molecule has 4 rings (SSSR count). The van der Waals surface area contributed by atoms with Gasteiger partial charge < -0.3 is 34.9 Å². The Morgan fingerprint density at radius 3 is 1.63 bits per heavy atom. The molecule has 41 heavy (non-hydrogen) atoms. The average Bonchev–Trinajstić information content (AvgIpc) is 3.03. The molecule has 4 aromatic rings. The minimum Gasteiger partial charge on any atom is -0.485 e. The Bertz CT molecular complexity index is 1350. The van der Waals surface area contributed by atoms with Crippen molar-refractivity contribution in [2.45, 2.75) is 32.0 Å². The van der Waals surface area contributed by atoms with E-state index in [9.17, 15) is 19.8 Å². The predicted molar refractivity (Wildman–Crippen MR) is 150 cm³/mol. The molecule has 214 valence electrons. The van der Waals surface area contributed by atoms with Crippen LogP contribution in [0.3, 0.4) is 0 Å². The van der Waals surface area contributed by atoms with Gasteiger partial charge in [-0.3, -0.25) is 0 Å². The Kier molecular flexibility index (Phi) is 12.2. The molecule has 0 saturated heterocycles. The van der Waals surface area contributed by atoms with Crippen molar-refractivity contribution < 1.29 is 39.2 Å². The van der Waals surface area contributed by atoms with E-state index in [1.165, 1.54) is 12.1 Å². The third-order valence-electron chi connectivity index (χ3n) is 5.85. The molecule has 10 nitrogen and oxygen atoms in total. The fraction of sp³-hybridized carbons (Fsp3) is 0.161. The predicted octanol–water partition coefficient (Wildman–Crippen LogP) is 4.59. The molecule has 0 bridgehead atoms. The largest absolute Gasteiger partial charge is 0.485 e. The van der Waals surface area contributed by atoms with Crippen LogP contribution in [0.5, 0.6) is 11.5 Å². The highest BCUT2D eigenvalue weighted by Gasteiger charge is 2.31. The van der Waals surface area contributed by atoms with E-state index < -0.39 is 24.2 Å². The molecule has 6 N–H and O–H groups in total. The van der Waals surface area contributed by atoms with E-state index in [1.54, 1.807) is 30.3 Å². The molecule has 0 aliphatic rings. The van der Waals surface area contributed by atoms with Gasteiger partial charge in [-0.25, -0.2) is 15.5 Å². The van der Waals surface area contributed by atoms with E-state index >= 15 is 0 Å². The van der Waals surface area contributed by atoms with Crippen molar-refractivity contribution in [3.05, 3.63) is 131 Å².